The molecule has 3 heterocycles. The van der Waals surface area contributed by atoms with Crippen LogP contribution in [0.2, 0.25) is 5.15 Å². The molecule has 0 unspecified atom stereocenters. The van der Waals surface area contributed by atoms with E-state index in [0.29, 0.717) is 11.2 Å². The molecular weight excluding hydrogens is 286 g/mol. The van der Waals surface area contributed by atoms with E-state index in [2.05, 4.69) is 29.7 Å². The van der Waals surface area contributed by atoms with E-state index >= 15 is 0 Å². The molecule has 0 fully saturated rings. The van der Waals surface area contributed by atoms with Crippen molar-refractivity contribution >= 4 is 34.6 Å². The molecule has 0 aromatic carbocycles. The Morgan fingerprint density at radius 3 is 2.95 bits per heavy atom. The number of aromatic nitrogens is 4. The summed E-state index contributed by atoms with van der Waals surface area (Å²) in [7, 11) is 0. The van der Waals surface area contributed by atoms with Gasteiger partial charge in [0.05, 0.1) is 11.9 Å². The van der Waals surface area contributed by atoms with Crippen LogP contribution in [0.25, 0.3) is 11.2 Å². The SMILES string of the molecule is O=C(Nc1nc(Cl)c2[nH]cnc2n1)c1ccc(=O)oc1. The average Bonchev–Trinajstić information content (AvgIpc) is 2.88. The Morgan fingerprint density at radius 1 is 1.35 bits per heavy atom. The van der Waals surface area contributed by atoms with Crippen molar-refractivity contribution in [2.45, 2.75) is 0 Å². The minimum atomic E-state index is -0.543. The van der Waals surface area contributed by atoms with Crippen LogP contribution in [0.5, 0.6) is 0 Å². The number of hydrogen-bond donors (Lipinski definition) is 2. The third-order valence-electron chi connectivity index (χ3n) is 2.43. The lowest BCUT2D eigenvalue weighted by atomic mass is 10.3. The van der Waals surface area contributed by atoms with Crippen LogP contribution in [0.15, 0.2) is 33.9 Å². The van der Waals surface area contributed by atoms with Crippen LogP contribution in [-0.4, -0.2) is 25.8 Å². The van der Waals surface area contributed by atoms with E-state index in [-0.39, 0.29) is 16.7 Å². The second-order valence-electron chi connectivity index (χ2n) is 3.74. The summed E-state index contributed by atoms with van der Waals surface area (Å²) in [6, 6.07) is 2.47. The molecular formula is C11H6ClN5O3. The number of nitrogens with zero attached hydrogens (tertiary/aromatic N) is 3. The van der Waals surface area contributed by atoms with E-state index in [9.17, 15) is 9.59 Å². The molecule has 3 aromatic rings. The predicted molar refractivity (Wildman–Crippen MR) is 69.6 cm³/mol. The molecule has 3 rings (SSSR count). The highest BCUT2D eigenvalue weighted by atomic mass is 35.5. The van der Waals surface area contributed by atoms with Crippen LogP contribution in [0.1, 0.15) is 10.4 Å². The number of halogens is 1. The van der Waals surface area contributed by atoms with Gasteiger partial charge in [0.15, 0.2) is 10.8 Å². The largest absolute Gasteiger partial charge is 0.430 e. The van der Waals surface area contributed by atoms with Gasteiger partial charge in [0.25, 0.3) is 5.91 Å². The van der Waals surface area contributed by atoms with Gasteiger partial charge in [0.2, 0.25) is 5.95 Å². The maximum atomic E-state index is 11.9. The fourth-order valence-electron chi connectivity index (χ4n) is 1.51. The number of carbonyl (C=O) groups excluding carboxylic acids is 1. The Kier molecular flexibility index (Phi) is 2.92. The zero-order valence-electron chi connectivity index (χ0n) is 9.75. The van der Waals surface area contributed by atoms with Crippen molar-refractivity contribution in [1.82, 2.24) is 19.9 Å². The Hall–Kier alpha value is -2.74. The van der Waals surface area contributed by atoms with Crippen molar-refractivity contribution in [2.24, 2.45) is 0 Å². The topological polar surface area (TPSA) is 114 Å². The lowest BCUT2D eigenvalue weighted by Gasteiger charge is -2.03. The van der Waals surface area contributed by atoms with Crippen molar-refractivity contribution in [3.05, 3.63) is 45.9 Å². The average molecular weight is 292 g/mol. The van der Waals surface area contributed by atoms with Crippen molar-refractivity contribution in [2.75, 3.05) is 5.32 Å². The number of fused-ring (bicyclic) bond motifs is 1. The fourth-order valence-corrected chi connectivity index (χ4v) is 1.73. The Labute approximate surface area is 115 Å². The first-order chi connectivity index (χ1) is 9.63. The van der Waals surface area contributed by atoms with Crippen LogP contribution >= 0.6 is 11.6 Å². The van der Waals surface area contributed by atoms with Gasteiger partial charge in [-0.3, -0.25) is 10.1 Å². The summed E-state index contributed by atoms with van der Waals surface area (Å²) < 4.78 is 4.60. The smallest absolute Gasteiger partial charge is 0.335 e. The highest BCUT2D eigenvalue weighted by Crippen LogP contribution is 2.18. The lowest BCUT2D eigenvalue weighted by molar-refractivity contribution is 0.102. The molecule has 2 N–H and O–H groups in total. The van der Waals surface area contributed by atoms with Gasteiger partial charge in [-0.15, -0.1) is 0 Å². The Balaban J connectivity index is 1.90. The van der Waals surface area contributed by atoms with Gasteiger partial charge in [0, 0.05) is 6.07 Å². The predicted octanol–water partition coefficient (Wildman–Crippen LogP) is 1.21. The standard InChI is InChI=1S/C11H6ClN5O3/c12-8-7-9(14-4-13-7)16-11(15-8)17-10(19)5-1-2-6(18)20-3-5/h1-4H,(H2,13,14,15,16,17,19). The molecule has 0 radical (unpaired) electrons. The van der Waals surface area contributed by atoms with Crippen LogP contribution in [0.3, 0.4) is 0 Å². The fraction of sp³-hybridized carbons (Fsp3) is 0. The number of rotatable bonds is 2. The minimum absolute atomic E-state index is 0.00537. The molecule has 0 aliphatic heterocycles. The number of hydrogen-bond acceptors (Lipinski definition) is 6. The summed E-state index contributed by atoms with van der Waals surface area (Å²) >= 11 is 5.92. The molecule has 0 spiro atoms. The van der Waals surface area contributed by atoms with Crippen LogP contribution in [0, 0.1) is 0 Å². The van der Waals surface area contributed by atoms with Gasteiger partial charge in [-0.2, -0.15) is 9.97 Å². The second kappa shape index (κ2) is 4.74. The van der Waals surface area contributed by atoms with Crippen LogP contribution < -0.4 is 10.9 Å². The minimum Gasteiger partial charge on any atom is -0.430 e. The van der Waals surface area contributed by atoms with Gasteiger partial charge >= 0.3 is 5.63 Å². The van der Waals surface area contributed by atoms with E-state index in [4.69, 9.17) is 11.6 Å². The zero-order chi connectivity index (χ0) is 14.1. The van der Waals surface area contributed by atoms with Crippen molar-refractivity contribution in [3.63, 3.8) is 0 Å². The summed E-state index contributed by atoms with van der Waals surface area (Å²) in [5.74, 6) is -0.523. The summed E-state index contributed by atoms with van der Waals surface area (Å²) in [6.07, 6.45) is 2.47. The number of imidazole rings is 1. The summed E-state index contributed by atoms with van der Waals surface area (Å²) in [4.78, 5) is 37.3. The third kappa shape index (κ3) is 2.24. The first kappa shape index (κ1) is 12.3. The normalized spacial score (nSPS) is 10.7. The summed E-state index contributed by atoms with van der Waals surface area (Å²) in [6.45, 7) is 0. The molecule has 20 heavy (non-hydrogen) atoms. The van der Waals surface area contributed by atoms with Gasteiger partial charge in [0.1, 0.15) is 11.8 Å². The number of carbonyl (C=O) groups is 1. The molecule has 0 saturated carbocycles. The molecule has 8 nitrogen and oxygen atoms in total. The third-order valence-corrected chi connectivity index (χ3v) is 2.70. The second-order valence-corrected chi connectivity index (χ2v) is 4.09. The molecule has 1 amide bonds. The van der Waals surface area contributed by atoms with Gasteiger partial charge in [-0.05, 0) is 6.07 Å². The van der Waals surface area contributed by atoms with E-state index in [0.717, 1.165) is 12.3 Å². The molecule has 0 bridgehead atoms. The van der Waals surface area contributed by atoms with Crippen molar-refractivity contribution in [1.29, 1.82) is 0 Å². The number of H-pyrrole nitrogens is 1. The number of aromatic amines is 1. The molecule has 0 aliphatic carbocycles. The molecule has 9 heteroatoms. The van der Waals surface area contributed by atoms with Gasteiger partial charge < -0.3 is 9.40 Å². The number of anilines is 1. The quantitative estimate of drug-likeness (QED) is 0.686. The van der Waals surface area contributed by atoms with Gasteiger partial charge in [-0.1, -0.05) is 11.6 Å². The Bertz CT molecular complexity index is 836. The molecule has 0 aliphatic rings. The molecule has 0 saturated heterocycles. The Morgan fingerprint density at radius 2 is 2.20 bits per heavy atom. The first-order valence-corrected chi connectivity index (χ1v) is 5.78. The van der Waals surface area contributed by atoms with Crippen molar-refractivity contribution in [3.8, 4) is 0 Å². The van der Waals surface area contributed by atoms with Crippen molar-refractivity contribution < 1.29 is 9.21 Å². The van der Waals surface area contributed by atoms with E-state index < -0.39 is 11.5 Å². The van der Waals surface area contributed by atoms with Crippen LogP contribution in [-0.2, 0) is 0 Å². The highest BCUT2D eigenvalue weighted by molar-refractivity contribution is 6.33. The first-order valence-electron chi connectivity index (χ1n) is 5.40. The molecule has 100 valence electrons. The zero-order valence-corrected chi connectivity index (χ0v) is 10.5. The molecule has 3 aromatic heterocycles. The monoisotopic (exact) mass is 291 g/mol. The maximum Gasteiger partial charge on any atom is 0.335 e. The molecule has 0 atom stereocenters. The maximum absolute atomic E-state index is 11.9. The van der Waals surface area contributed by atoms with E-state index in [1.165, 1.54) is 12.4 Å². The van der Waals surface area contributed by atoms with E-state index in [1.807, 2.05) is 0 Å². The number of amides is 1. The van der Waals surface area contributed by atoms with Gasteiger partial charge in [-0.25, -0.2) is 9.78 Å². The summed E-state index contributed by atoms with van der Waals surface area (Å²) in [5.41, 5.74) is 0.431. The van der Waals surface area contributed by atoms with E-state index in [1.54, 1.807) is 0 Å². The number of nitrogens with one attached hydrogen (secondary N) is 2. The summed E-state index contributed by atoms with van der Waals surface area (Å²) in [5, 5.41) is 2.58. The highest BCUT2D eigenvalue weighted by Gasteiger charge is 2.12. The lowest BCUT2D eigenvalue weighted by Crippen LogP contribution is -2.15. The van der Waals surface area contributed by atoms with Crippen LogP contribution in [0.4, 0.5) is 5.95 Å².